The molecule has 2 heterocycles. The summed E-state index contributed by atoms with van der Waals surface area (Å²) in [5.74, 6) is 1.51. The molecule has 1 amide bonds. The van der Waals surface area contributed by atoms with Crippen molar-refractivity contribution >= 4 is 5.91 Å². The van der Waals surface area contributed by atoms with Crippen molar-refractivity contribution in [3.63, 3.8) is 0 Å². The first-order valence-corrected chi connectivity index (χ1v) is 7.99. The summed E-state index contributed by atoms with van der Waals surface area (Å²) < 4.78 is 16.2. The van der Waals surface area contributed by atoms with Crippen LogP contribution in [0.4, 0.5) is 0 Å². The van der Waals surface area contributed by atoms with Crippen LogP contribution >= 0.6 is 0 Å². The van der Waals surface area contributed by atoms with Crippen molar-refractivity contribution in [2.45, 2.75) is 25.7 Å². The van der Waals surface area contributed by atoms with E-state index >= 15 is 0 Å². The van der Waals surface area contributed by atoms with E-state index in [1.165, 1.54) is 0 Å². The third kappa shape index (κ3) is 3.67. The third-order valence-electron chi connectivity index (χ3n) is 4.12. The van der Waals surface area contributed by atoms with Gasteiger partial charge in [0.1, 0.15) is 11.7 Å². The van der Waals surface area contributed by atoms with E-state index in [2.05, 4.69) is 6.07 Å². The van der Waals surface area contributed by atoms with Crippen molar-refractivity contribution < 1.29 is 19.0 Å². The Bertz CT molecular complexity index is 605. The molecule has 23 heavy (non-hydrogen) atoms. The minimum atomic E-state index is -0.562. The van der Waals surface area contributed by atoms with Gasteiger partial charge in [-0.05, 0) is 37.8 Å². The Kier molecular flexibility index (Phi) is 4.86. The van der Waals surface area contributed by atoms with Crippen LogP contribution in [-0.2, 0) is 4.79 Å². The number of rotatable bonds is 6. The van der Waals surface area contributed by atoms with E-state index < -0.39 is 5.92 Å². The second-order valence-electron chi connectivity index (χ2n) is 5.72. The molecule has 1 fully saturated rings. The van der Waals surface area contributed by atoms with E-state index in [1.807, 2.05) is 12.1 Å². The molecule has 0 aliphatic carbocycles. The van der Waals surface area contributed by atoms with Gasteiger partial charge in [0.25, 0.3) is 0 Å². The Morgan fingerprint density at radius 2 is 2.09 bits per heavy atom. The van der Waals surface area contributed by atoms with Crippen LogP contribution in [0.3, 0.4) is 0 Å². The molecule has 6 heteroatoms. The normalized spacial score (nSPS) is 16.9. The Hall–Kier alpha value is -2.42. The van der Waals surface area contributed by atoms with Crippen molar-refractivity contribution in [1.82, 2.24) is 4.90 Å². The van der Waals surface area contributed by atoms with Crippen LogP contribution in [0.2, 0.25) is 0 Å². The first-order valence-electron chi connectivity index (χ1n) is 7.99. The summed E-state index contributed by atoms with van der Waals surface area (Å²) in [4.78, 5) is 14.0. The van der Waals surface area contributed by atoms with Gasteiger partial charge >= 0.3 is 0 Å². The van der Waals surface area contributed by atoms with Crippen molar-refractivity contribution in [2.24, 2.45) is 5.92 Å². The summed E-state index contributed by atoms with van der Waals surface area (Å²) in [7, 11) is 0. The fourth-order valence-corrected chi connectivity index (χ4v) is 2.85. The largest absolute Gasteiger partial charge is 0.493 e. The highest BCUT2D eigenvalue weighted by molar-refractivity contribution is 5.81. The Morgan fingerprint density at radius 1 is 1.30 bits per heavy atom. The van der Waals surface area contributed by atoms with Crippen molar-refractivity contribution in [3.05, 3.63) is 18.2 Å². The highest BCUT2D eigenvalue weighted by Gasteiger charge is 2.25. The summed E-state index contributed by atoms with van der Waals surface area (Å²) in [5.41, 5.74) is 0. The molecule has 0 N–H and O–H groups in total. The molecule has 0 radical (unpaired) electrons. The summed E-state index contributed by atoms with van der Waals surface area (Å²) >= 11 is 0. The predicted octanol–water partition coefficient (Wildman–Crippen LogP) is 2.34. The first kappa shape index (κ1) is 15.5. The van der Waals surface area contributed by atoms with Crippen LogP contribution in [0.1, 0.15) is 25.7 Å². The average Bonchev–Trinajstić information content (AvgIpc) is 3.25. The minimum absolute atomic E-state index is 0.0342. The predicted molar refractivity (Wildman–Crippen MR) is 82.2 cm³/mol. The fraction of sp³-hybridized carbons (Fsp3) is 0.529. The molecule has 0 saturated carbocycles. The van der Waals surface area contributed by atoms with E-state index in [1.54, 1.807) is 11.0 Å². The van der Waals surface area contributed by atoms with Crippen LogP contribution < -0.4 is 14.2 Å². The third-order valence-corrected chi connectivity index (χ3v) is 4.12. The lowest BCUT2D eigenvalue weighted by molar-refractivity contribution is -0.132. The highest BCUT2D eigenvalue weighted by atomic mass is 16.7. The molecule has 122 valence electrons. The zero-order valence-electron chi connectivity index (χ0n) is 13.0. The van der Waals surface area contributed by atoms with E-state index in [4.69, 9.17) is 14.2 Å². The molecule has 6 nitrogen and oxygen atoms in total. The molecule has 1 unspecified atom stereocenters. The molecule has 1 atom stereocenters. The fourth-order valence-electron chi connectivity index (χ4n) is 2.85. The molecule has 1 saturated heterocycles. The molecule has 2 aliphatic heterocycles. The molecule has 0 spiro atoms. The number of fused-ring (bicyclic) bond motifs is 1. The molecular formula is C17H20N2O4. The number of amides is 1. The van der Waals surface area contributed by atoms with Crippen LogP contribution in [0.25, 0.3) is 0 Å². The lowest BCUT2D eigenvalue weighted by atomic mass is 10.0. The molecular weight excluding hydrogens is 296 g/mol. The summed E-state index contributed by atoms with van der Waals surface area (Å²) in [5, 5.41) is 9.21. The van der Waals surface area contributed by atoms with Crippen LogP contribution in [0.5, 0.6) is 17.2 Å². The van der Waals surface area contributed by atoms with Gasteiger partial charge in [-0.3, -0.25) is 4.79 Å². The van der Waals surface area contributed by atoms with Gasteiger partial charge in [-0.15, -0.1) is 0 Å². The molecule has 1 aromatic rings. The molecule has 1 aromatic carbocycles. The van der Waals surface area contributed by atoms with Crippen molar-refractivity contribution in [3.8, 4) is 23.3 Å². The maximum absolute atomic E-state index is 12.2. The smallest absolute Gasteiger partial charge is 0.239 e. The van der Waals surface area contributed by atoms with Gasteiger partial charge in [0.05, 0.1) is 12.7 Å². The minimum Gasteiger partial charge on any atom is -0.493 e. The maximum atomic E-state index is 12.2. The van der Waals surface area contributed by atoms with Gasteiger partial charge in [-0.25, -0.2) is 0 Å². The van der Waals surface area contributed by atoms with Crippen LogP contribution in [0, 0.1) is 17.2 Å². The average molecular weight is 316 g/mol. The first-order chi connectivity index (χ1) is 11.3. The Labute approximate surface area is 135 Å². The number of ether oxygens (including phenoxy) is 3. The maximum Gasteiger partial charge on any atom is 0.239 e. The SMILES string of the molecule is N#CC(CCCOc1ccc2c(c1)OCO2)C(=O)N1CCCC1. The monoisotopic (exact) mass is 316 g/mol. The topological polar surface area (TPSA) is 71.8 Å². The molecule has 0 bridgehead atoms. The Balaban J connectivity index is 1.43. The number of carbonyl (C=O) groups is 1. The van der Waals surface area contributed by atoms with E-state index in [-0.39, 0.29) is 12.7 Å². The number of benzene rings is 1. The van der Waals surface area contributed by atoms with Gasteiger partial charge in [0.2, 0.25) is 12.7 Å². The van der Waals surface area contributed by atoms with Gasteiger partial charge in [-0.1, -0.05) is 0 Å². The second-order valence-corrected chi connectivity index (χ2v) is 5.72. The van der Waals surface area contributed by atoms with Crippen LogP contribution in [-0.4, -0.2) is 37.3 Å². The molecule has 0 aromatic heterocycles. The molecule has 2 aliphatic rings. The van der Waals surface area contributed by atoms with Crippen molar-refractivity contribution in [1.29, 1.82) is 5.26 Å². The second kappa shape index (κ2) is 7.23. The lowest BCUT2D eigenvalue weighted by Crippen LogP contribution is -2.33. The van der Waals surface area contributed by atoms with E-state index in [0.717, 1.165) is 31.7 Å². The number of hydrogen-bond donors (Lipinski definition) is 0. The number of hydrogen-bond acceptors (Lipinski definition) is 5. The zero-order chi connectivity index (χ0) is 16.1. The van der Waals surface area contributed by atoms with E-state index in [9.17, 15) is 10.1 Å². The van der Waals surface area contributed by atoms with Gasteiger partial charge < -0.3 is 19.1 Å². The standard InChI is InChI=1S/C17H20N2O4/c18-11-13(17(20)19-7-1-2-8-19)4-3-9-21-14-5-6-15-16(10-14)23-12-22-15/h5-6,10,13H,1-4,7-9,12H2. The zero-order valence-corrected chi connectivity index (χ0v) is 13.0. The highest BCUT2D eigenvalue weighted by Crippen LogP contribution is 2.35. The van der Waals surface area contributed by atoms with Crippen LogP contribution in [0.15, 0.2) is 18.2 Å². The number of carbonyl (C=O) groups excluding carboxylic acids is 1. The number of likely N-dealkylation sites (tertiary alicyclic amines) is 1. The summed E-state index contributed by atoms with van der Waals surface area (Å²) in [6.45, 7) is 2.27. The summed E-state index contributed by atoms with van der Waals surface area (Å²) in [6, 6.07) is 7.56. The quantitative estimate of drug-likeness (QED) is 0.753. The number of nitriles is 1. The van der Waals surface area contributed by atoms with E-state index in [0.29, 0.717) is 30.9 Å². The summed E-state index contributed by atoms with van der Waals surface area (Å²) in [6.07, 6.45) is 3.26. The van der Waals surface area contributed by atoms with Gasteiger partial charge in [-0.2, -0.15) is 5.26 Å². The van der Waals surface area contributed by atoms with Gasteiger partial charge in [0, 0.05) is 19.2 Å². The molecule has 3 rings (SSSR count). The number of nitrogens with zero attached hydrogens (tertiary/aromatic N) is 2. The van der Waals surface area contributed by atoms with Gasteiger partial charge in [0.15, 0.2) is 11.5 Å². The Morgan fingerprint density at radius 3 is 2.87 bits per heavy atom. The lowest BCUT2D eigenvalue weighted by Gasteiger charge is -2.18. The van der Waals surface area contributed by atoms with Crippen molar-refractivity contribution in [2.75, 3.05) is 26.5 Å².